The van der Waals surface area contributed by atoms with Gasteiger partial charge in [0.2, 0.25) is 5.91 Å². The fourth-order valence-corrected chi connectivity index (χ4v) is 2.69. The molecule has 96 valence electrons. The van der Waals surface area contributed by atoms with Gasteiger partial charge in [0, 0.05) is 29.7 Å². The highest BCUT2D eigenvalue weighted by atomic mass is 79.9. The van der Waals surface area contributed by atoms with Gasteiger partial charge in [-0.05, 0) is 34.8 Å². The van der Waals surface area contributed by atoms with Crippen LogP contribution in [0, 0.1) is 0 Å². The quantitative estimate of drug-likeness (QED) is 0.881. The maximum absolute atomic E-state index is 12.2. The normalized spacial score (nSPS) is 22.9. The Balaban J connectivity index is 1.73. The van der Waals surface area contributed by atoms with Crippen molar-refractivity contribution in [2.45, 2.75) is 31.3 Å². The molecule has 1 saturated carbocycles. The van der Waals surface area contributed by atoms with E-state index in [9.17, 15) is 9.59 Å². The number of aromatic nitrogens is 1. The molecule has 0 aromatic carbocycles. The molecule has 2 heterocycles. The Kier molecular flexibility index (Phi) is 2.89. The number of nitrogens with one attached hydrogen (secondary N) is 2. The van der Waals surface area contributed by atoms with Crippen LogP contribution in [0.1, 0.15) is 35.8 Å². The number of carbonyl (C=O) groups excluding carboxylic acids is 2. The van der Waals surface area contributed by atoms with E-state index in [1.165, 1.54) is 0 Å². The summed E-state index contributed by atoms with van der Waals surface area (Å²) in [6.45, 7) is 0.524. The van der Waals surface area contributed by atoms with Gasteiger partial charge in [0.05, 0.1) is 6.04 Å². The SMILES string of the molecule is O=C1CC(NC(=O)c2cc(Br)cn2C2CC2)CN1. The highest BCUT2D eigenvalue weighted by Gasteiger charge is 2.29. The zero-order chi connectivity index (χ0) is 12.7. The summed E-state index contributed by atoms with van der Waals surface area (Å²) in [5, 5.41) is 5.61. The summed E-state index contributed by atoms with van der Waals surface area (Å²) in [5.74, 6) is -0.104. The number of nitrogens with zero attached hydrogens (tertiary/aromatic N) is 1. The lowest BCUT2D eigenvalue weighted by Crippen LogP contribution is -2.37. The van der Waals surface area contributed by atoms with Crippen molar-refractivity contribution < 1.29 is 9.59 Å². The smallest absolute Gasteiger partial charge is 0.268 e. The Morgan fingerprint density at radius 1 is 1.50 bits per heavy atom. The highest BCUT2D eigenvalue weighted by molar-refractivity contribution is 9.10. The minimum absolute atomic E-state index is 0.000874. The van der Waals surface area contributed by atoms with Gasteiger partial charge in [0.1, 0.15) is 5.69 Å². The fourth-order valence-electron chi connectivity index (χ4n) is 2.25. The monoisotopic (exact) mass is 311 g/mol. The molecule has 1 saturated heterocycles. The van der Waals surface area contributed by atoms with Crippen molar-refractivity contribution in [3.8, 4) is 0 Å². The summed E-state index contributed by atoms with van der Waals surface area (Å²) in [7, 11) is 0. The van der Waals surface area contributed by atoms with Crippen LogP contribution in [0.2, 0.25) is 0 Å². The van der Waals surface area contributed by atoms with Gasteiger partial charge >= 0.3 is 0 Å². The number of hydrogen-bond donors (Lipinski definition) is 2. The third kappa shape index (κ3) is 2.29. The Labute approximate surface area is 113 Å². The van der Waals surface area contributed by atoms with Gasteiger partial charge in [0.25, 0.3) is 5.91 Å². The van der Waals surface area contributed by atoms with Crippen molar-refractivity contribution in [1.82, 2.24) is 15.2 Å². The van der Waals surface area contributed by atoms with Crippen LogP contribution in [0.5, 0.6) is 0 Å². The van der Waals surface area contributed by atoms with Crippen molar-refractivity contribution >= 4 is 27.7 Å². The van der Waals surface area contributed by atoms with E-state index >= 15 is 0 Å². The first kappa shape index (κ1) is 11.8. The van der Waals surface area contributed by atoms with Crippen molar-refractivity contribution in [2.24, 2.45) is 0 Å². The van der Waals surface area contributed by atoms with E-state index in [-0.39, 0.29) is 17.9 Å². The minimum Gasteiger partial charge on any atom is -0.354 e. The van der Waals surface area contributed by atoms with Gasteiger partial charge in [0.15, 0.2) is 0 Å². The maximum atomic E-state index is 12.2. The largest absolute Gasteiger partial charge is 0.354 e. The first-order valence-electron chi connectivity index (χ1n) is 6.08. The van der Waals surface area contributed by atoms with Gasteiger partial charge in [-0.3, -0.25) is 9.59 Å². The molecule has 1 aromatic rings. The summed E-state index contributed by atoms with van der Waals surface area (Å²) in [4.78, 5) is 23.3. The molecule has 1 unspecified atom stereocenters. The second-order valence-electron chi connectivity index (χ2n) is 4.86. The van der Waals surface area contributed by atoms with Gasteiger partial charge in [-0.1, -0.05) is 0 Å². The van der Waals surface area contributed by atoms with Gasteiger partial charge in [-0.15, -0.1) is 0 Å². The number of hydrogen-bond acceptors (Lipinski definition) is 2. The van der Waals surface area contributed by atoms with Gasteiger partial charge < -0.3 is 15.2 Å². The molecular weight excluding hydrogens is 298 g/mol. The number of amides is 2. The lowest BCUT2D eigenvalue weighted by Gasteiger charge is -2.12. The van der Waals surface area contributed by atoms with E-state index in [1.807, 2.05) is 16.8 Å². The van der Waals surface area contributed by atoms with Crippen molar-refractivity contribution in [1.29, 1.82) is 0 Å². The number of halogens is 1. The number of rotatable bonds is 3. The molecule has 3 rings (SSSR count). The molecule has 1 aliphatic heterocycles. The second-order valence-corrected chi connectivity index (χ2v) is 5.78. The molecule has 2 amide bonds. The van der Waals surface area contributed by atoms with E-state index in [0.29, 0.717) is 24.7 Å². The fraction of sp³-hybridized carbons (Fsp3) is 0.500. The topological polar surface area (TPSA) is 63.1 Å². The van der Waals surface area contributed by atoms with E-state index in [1.54, 1.807) is 0 Å². The van der Waals surface area contributed by atoms with Crippen LogP contribution in [0.15, 0.2) is 16.7 Å². The summed E-state index contributed by atoms with van der Waals surface area (Å²) < 4.78 is 2.93. The molecule has 18 heavy (non-hydrogen) atoms. The second kappa shape index (κ2) is 4.42. The van der Waals surface area contributed by atoms with Crippen LogP contribution < -0.4 is 10.6 Å². The lowest BCUT2D eigenvalue weighted by atomic mass is 10.2. The molecule has 1 aliphatic carbocycles. The number of carbonyl (C=O) groups is 2. The maximum Gasteiger partial charge on any atom is 0.268 e. The van der Waals surface area contributed by atoms with Crippen LogP contribution in [-0.2, 0) is 4.79 Å². The lowest BCUT2D eigenvalue weighted by molar-refractivity contribution is -0.119. The molecule has 2 aliphatic rings. The molecule has 0 bridgehead atoms. The third-order valence-electron chi connectivity index (χ3n) is 3.30. The zero-order valence-corrected chi connectivity index (χ0v) is 11.4. The Morgan fingerprint density at radius 2 is 2.28 bits per heavy atom. The first-order valence-corrected chi connectivity index (χ1v) is 6.88. The van der Waals surface area contributed by atoms with E-state index in [4.69, 9.17) is 0 Å². The van der Waals surface area contributed by atoms with E-state index < -0.39 is 0 Å². The molecule has 0 spiro atoms. The van der Waals surface area contributed by atoms with Crippen LogP contribution >= 0.6 is 15.9 Å². The van der Waals surface area contributed by atoms with Crippen molar-refractivity contribution in [3.63, 3.8) is 0 Å². The standard InChI is InChI=1S/C12H14BrN3O2/c13-7-3-10(16(6-7)9-1-2-9)12(18)15-8-4-11(17)14-5-8/h3,6,8-9H,1-2,4-5H2,(H,14,17)(H,15,18). The van der Waals surface area contributed by atoms with Crippen LogP contribution in [0.25, 0.3) is 0 Å². The summed E-state index contributed by atoms with van der Waals surface area (Å²) in [6.07, 6.45) is 4.58. The van der Waals surface area contributed by atoms with Crippen molar-refractivity contribution in [3.05, 3.63) is 22.4 Å². The van der Waals surface area contributed by atoms with Gasteiger partial charge in [-0.25, -0.2) is 0 Å². The molecule has 2 fully saturated rings. The summed E-state index contributed by atoms with van der Waals surface area (Å²) in [5.41, 5.74) is 0.670. The first-order chi connectivity index (χ1) is 8.63. The van der Waals surface area contributed by atoms with Crippen LogP contribution in [-0.4, -0.2) is 29.0 Å². The van der Waals surface area contributed by atoms with Crippen molar-refractivity contribution in [2.75, 3.05) is 6.54 Å². The Hall–Kier alpha value is -1.30. The molecule has 1 atom stereocenters. The average Bonchev–Trinajstić information content (AvgIpc) is 2.98. The molecular formula is C12H14BrN3O2. The van der Waals surface area contributed by atoms with Crippen LogP contribution in [0.3, 0.4) is 0 Å². The zero-order valence-electron chi connectivity index (χ0n) is 9.78. The predicted molar refractivity (Wildman–Crippen MR) is 69.3 cm³/mol. The minimum atomic E-state index is -0.103. The molecule has 2 N–H and O–H groups in total. The Morgan fingerprint density at radius 3 is 2.89 bits per heavy atom. The highest BCUT2D eigenvalue weighted by Crippen LogP contribution is 2.37. The molecule has 0 radical (unpaired) electrons. The third-order valence-corrected chi connectivity index (χ3v) is 3.73. The Bertz CT molecular complexity index is 507. The van der Waals surface area contributed by atoms with Gasteiger partial charge in [-0.2, -0.15) is 0 Å². The molecule has 5 nitrogen and oxygen atoms in total. The average molecular weight is 312 g/mol. The molecule has 1 aromatic heterocycles. The van der Waals surface area contributed by atoms with E-state index in [2.05, 4.69) is 26.6 Å². The molecule has 6 heteroatoms. The summed E-state index contributed by atoms with van der Waals surface area (Å²) in [6, 6.07) is 2.20. The summed E-state index contributed by atoms with van der Waals surface area (Å²) >= 11 is 3.40. The van der Waals surface area contributed by atoms with E-state index in [0.717, 1.165) is 17.3 Å². The predicted octanol–water partition coefficient (Wildman–Crippen LogP) is 1.20. The van der Waals surface area contributed by atoms with Crippen LogP contribution in [0.4, 0.5) is 0 Å².